The third-order valence-corrected chi connectivity index (χ3v) is 3.85. The van der Waals surface area contributed by atoms with E-state index in [0.717, 1.165) is 25.4 Å². The monoisotopic (exact) mass is 359 g/mol. The Hall–Kier alpha value is -0.0900. The number of nitrogens with one attached hydrogen (secondary N) is 1. The van der Waals surface area contributed by atoms with Gasteiger partial charge in [0.2, 0.25) is 0 Å². The second-order valence-corrected chi connectivity index (χ2v) is 7.56. The molecule has 0 saturated carbocycles. The van der Waals surface area contributed by atoms with Crippen LogP contribution in [0, 0.1) is 14.9 Å². The molecule has 1 aromatic rings. The Bertz CT molecular complexity index is 341. The fourth-order valence-corrected chi connectivity index (χ4v) is 2.42. The summed E-state index contributed by atoms with van der Waals surface area (Å²) in [5.74, 6) is 0.740. The Balaban J connectivity index is 2.36. The minimum Gasteiger partial charge on any atom is -0.316 e. The third kappa shape index (κ3) is 6.74. The molecule has 0 bridgehead atoms. The largest absolute Gasteiger partial charge is 0.316 e. The summed E-state index contributed by atoms with van der Waals surface area (Å²) in [5.41, 5.74) is 1.82. The van der Waals surface area contributed by atoms with Gasteiger partial charge in [-0.2, -0.15) is 0 Å². The molecule has 0 aliphatic rings. The number of benzene rings is 1. The van der Waals surface area contributed by atoms with Crippen LogP contribution in [-0.4, -0.2) is 13.1 Å². The first-order chi connectivity index (χ1) is 8.39. The molecule has 0 radical (unpaired) electrons. The lowest BCUT2D eigenvalue weighted by Gasteiger charge is -2.25. The van der Waals surface area contributed by atoms with Gasteiger partial charge in [0.05, 0.1) is 0 Å². The highest BCUT2D eigenvalue weighted by atomic mass is 127. The van der Waals surface area contributed by atoms with Crippen LogP contribution < -0.4 is 5.32 Å². The molecular weight excluding hydrogens is 333 g/mol. The van der Waals surface area contributed by atoms with E-state index in [1.54, 1.807) is 0 Å². The predicted octanol–water partition coefficient (Wildman–Crippen LogP) is 4.50. The molecule has 0 aliphatic carbocycles. The van der Waals surface area contributed by atoms with E-state index in [1.807, 2.05) is 0 Å². The Morgan fingerprint density at radius 3 is 2.33 bits per heavy atom. The summed E-state index contributed by atoms with van der Waals surface area (Å²) in [6.45, 7) is 11.5. The predicted molar refractivity (Wildman–Crippen MR) is 89.0 cm³/mol. The normalized spacial score (nSPS) is 12.1. The number of halogens is 1. The van der Waals surface area contributed by atoms with Gasteiger partial charge in [0, 0.05) is 3.57 Å². The van der Waals surface area contributed by atoms with E-state index in [9.17, 15) is 0 Å². The lowest BCUT2D eigenvalue weighted by Crippen LogP contribution is -2.26. The average Bonchev–Trinajstić information content (AvgIpc) is 2.27. The van der Waals surface area contributed by atoms with Gasteiger partial charge in [-0.15, -0.1) is 0 Å². The van der Waals surface area contributed by atoms with Gasteiger partial charge in [-0.05, 0) is 77.6 Å². The van der Waals surface area contributed by atoms with E-state index >= 15 is 0 Å². The minimum absolute atomic E-state index is 0.372. The molecule has 102 valence electrons. The Morgan fingerprint density at radius 2 is 1.78 bits per heavy atom. The molecule has 0 spiro atoms. The van der Waals surface area contributed by atoms with E-state index in [-0.39, 0.29) is 0 Å². The topological polar surface area (TPSA) is 12.0 Å². The van der Waals surface area contributed by atoms with Gasteiger partial charge in [-0.25, -0.2) is 0 Å². The molecule has 2 heteroatoms. The van der Waals surface area contributed by atoms with Crippen molar-refractivity contribution >= 4 is 22.6 Å². The number of rotatable bonds is 7. The second-order valence-electron chi connectivity index (χ2n) is 6.32. The molecule has 0 atom stereocenters. The number of hydrogen-bond acceptors (Lipinski definition) is 1. The fraction of sp³-hybridized carbons (Fsp3) is 0.625. The maximum Gasteiger partial charge on any atom is 0.0130 e. The van der Waals surface area contributed by atoms with Gasteiger partial charge < -0.3 is 5.32 Å². The summed E-state index contributed by atoms with van der Waals surface area (Å²) in [6, 6.07) is 8.90. The van der Waals surface area contributed by atoms with E-state index in [2.05, 4.69) is 79.9 Å². The minimum atomic E-state index is 0.372. The molecule has 18 heavy (non-hydrogen) atoms. The fourth-order valence-electron chi connectivity index (χ4n) is 2.06. The lowest BCUT2D eigenvalue weighted by atomic mass is 9.82. The average molecular weight is 359 g/mol. The molecular formula is C16H26IN. The smallest absolute Gasteiger partial charge is 0.0130 e. The Kier molecular flexibility index (Phi) is 6.64. The van der Waals surface area contributed by atoms with Crippen molar-refractivity contribution in [3.8, 4) is 0 Å². The molecule has 1 aromatic carbocycles. The van der Waals surface area contributed by atoms with Crippen molar-refractivity contribution < 1.29 is 0 Å². The van der Waals surface area contributed by atoms with Crippen molar-refractivity contribution in [2.45, 2.75) is 40.5 Å². The third-order valence-electron chi connectivity index (χ3n) is 3.13. The Labute approximate surface area is 126 Å². The molecule has 0 aromatic heterocycles. The molecule has 0 aliphatic heterocycles. The molecule has 0 unspecified atom stereocenters. The van der Waals surface area contributed by atoms with Crippen molar-refractivity contribution in [3.63, 3.8) is 0 Å². The first kappa shape index (κ1) is 16.0. The molecule has 1 nitrogen and oxygen atoms in total. The van der Waals surface area contributed by atoms with Gasteiger partial charge >= 0.3 is 0 Å². The van der Waals surface area contributed by atoms with E-state index in [1.165, 1.54) is 15.6 Å². The van der Waals surface area contributed by atoms with Crippen LogP contribution in [0.25, 0.3) is 0 Å². The van der Waals surface area contributed by atoms with E-state index < -0.39 is 0 Å². The quantitative estimate of drug-likeness (QED) is 0.559. The Morgan fingerprint density at radius 1 is 1.17 bits per heavy atom. The highest BCUT2D eigenvalue weighted by Crippen LogP contribution is 2.25. The molecule has 0 amide bonds. The van der Waals surface area contributed by atoms with Crippen molar-refractivity contribution in [3.05, 3.63) is 33.4 Å². The highest BCUT2D eigenvalue weighted by molar-refractivity contribution is 14.1. The standard InChI is InChI=1S/C16H26IN/c1-13(2)12-18-10-9-16(3,4)11-14-5-7-15(17)8-6-14/h5-8,13,18H,9-12H2,1-4H3. The summed E-state index contributed by atoms with van der Waals surface area (Å²) in [6.07, 6.45) is 2.39. The summed E-state index contributed by atoms with van der Waals surface area (Å²) < 4.78 is 1.31. The van der Waals surface area contributed by atoms with Gasteiger partial charge in [0.25, 0.3) is 0 Å². The van der Waals surface area contributed by atoms with Crippen LogP contribution in [-0.2, 0) is 6.42 Å². The maximum atomic E-state index is 3.53. The zero-order chi connectivity index (χ0) is 13.6. The van der Waals surface area contributed by atoms with Crippen molar-refractivity contribution in [1.29, 1.82) is 0 Å². The van der Waals surface area contributed by atoms with Crippen molar-refractivity contribution in [2.75, 3.05) is 13.1 Å². The zero-order valence-electron chi connectivity index (χ0n) is 12.1. The second kappa shape index (κ2) is 7.49. The molecule has 1 rings (SSSR count). The van der Waals surface area contributed by atoms with Gasteiger partial charge in [0.15, 0.2) is 0 Å². The van der Waals surface area contributed by atoms with Crippen molar-refractivity contribution in [2.24, 2.45) is 11.3 Å². The summed E-state index contributed by atoms with van der Waals surface area (Å²) in [4.78, 5) is 0. The highest BCUT2D eigenvalue weighted by Gasteiger charge is 2.17. The first-order valence-electron chi connectivity index (χ1n) is 6.84. The molecule has 0 heterocycles. The summed E-state index contributed by atoms with van der Waals surface area (Å²) >= 11 is 2.36. The van der Waals surface area contributed by atoms with Gasteiger partial charge in [-0.1, -0.05) is 39.8 Å². The van der Waals surface area contributed by atoms with Gasteiger partial charge in [-0.3, -0.25) is 0 Å². The van der Waals surface area contributed by atoms with Crippen LogP contribution in [0.1, 0.15) is 39.7 Å². The maximum absolute atomic E-state index is 3.53. The SMILES string of the molecule is CC(C)CNCCC(C)(C)Cc1ccc(I)cc1. The summed E-state index contributed by atoms with van der Waals surface area (Å²) in [5, 5.41) is 3.53. The van der Waals surface area contributed by atoms with Crippen LogP contribution in [0.2, 0.25) is 0 Å². The lowest BCUT2D eigenvalue weighted by molar-refractivity contribution is 0.322. The van der Waals surface area contributed by atoms with Crippen LogP contribution in [0.3, 0.4) is 0 Å². The van der Waals surface area contributed by atoms with Crippen LogP contribution in [0.5, 0.6) is 0 Å². The first-order valence-corrected chi connectivity index (χ1v) is 7.92. The van der Waals surface area contributed by atoms with Crippen molar-refractivity contribution in [1.82, 2.24) is 5.32 Å². The molecule has 0 saturated heterocycles. The van der Waals surface area contributed by atoms with Crippen LogP contribution >= 0.6 is 22.6 Å². The van der Waals surface area contributed by atoms with Gasteiger partial charge in [0.1, 0.15) is 0 Å². The molecule has 1 N–H and O–H groups in total. The van der Waals surface area contributed by atoms with E-state index in [4.69, 9.17) is 0 Å². The van der Waals surface area contributed by atoms with Crippen LogP contribution in [0.15, 0.2) is 24.3 Å². The van der Waals surface area contributed by atoms with Crippen LogP contribution in [0.4, 0.5) is 0 Å². The number of hydrogen-bond donors (Lipinski definition) is 1. The zero-order valence-corrected chi connectivity index (χ0v) is 14.3. The molecule has 0 fully saturated rings. The summed E-state index contributed by atoms with van der Waals surface area (Å²) in [7, 11) is 0. The van der Waals surface area contributed by atoms with E-state index in [0.29, 0.717) is 5.41 Å².